The second-order valence-corrected chi connectivity index (χ2v) is 5.56. The number of hydrogen-bond donors (Lipinski definition) is 1. The number of rotatable bonds is 6. The van der Waals surface area contributed by atoms with Crippen LogP contribution in [0.3, 0.4) is 0 Å². The van der Waals surface area contributed by atoms with Crippen LogP contribution in [0.25, 0.3) is 6.08 Å². The van der Waals surface area contributed by atoms with Gasteiger partial charge in [-0.2, -0.15) is 0 Å². The van der Waals surface area contributed by atoms with Crippen LogP contribution >= 0.6 is 12.2 Å². The van der Waals surface area contributed by atoms with Crippen molar-refractivity contribution in [1.29, 1.82) is 0 Å². The van der Waals surface area contributed by atoms with E-state index in [1.165, 1.54) is 36.1 Å². The molecular weight excluding hydrogens is 344 g/mol. The Bertz CT molecular complexity index is 770. The fourth-order valence-corrected chi connectivity index (χ4v) is 2.30. The number of nitrogens with one attached hydrogen (secondary N) is 1. The summed E-state index contributed by atoms with van der Waals surface area (Å²) in [6.45, 7) is 5.09. The first kappa shape index (κ1) is 18.3. The molecule has 1 atom stereocenters. The number of carbonyl (C=O) groups excluding carboxylic acids is 3. The molecule has 1 aromatic carbocycles. The van der Waals surface area contributed by atoms with Gasteiger partial charge in [-0.15, -0.1) is 6.58 Å². The van der Waals surface area contributed by atoms with Gasteiger partial charge in [0.15, 0.2) is 5.11 Å². The van der Waals surface area contributed by atoms with E-state index in [9.17, 15) is 19.5 Å². The van der Waals surface area contributed by atoms with Gasteiger partial charge in [-0.05, 0) is 42.9 Å². The molecule has 0 bridgehead atoms. The average Bonchev–Trinajstić information content (AvgIpc) is 2.56. The van der Waals surface area contributed by atoms with E-state index in [0.717, 1.165) is 0 Å². The normalized spacial score (nSPS) is 17.2. The molecule has 2 rings (SSSR count). The molecule has 0 unspecified atom stereocenters. The number of benzene rings is 1. The SMILES string of the molecule is C=CCN1C(=O)/C(=C\c2ccc(O[C@H](C)C(=O)[O-])cc2)C(=O)NC1=S. The summed E-state index contributed by atoms with van der Waals surface area (Å²) in [4.78, 5) is 36.3. The van der Waals surface area contributed by atoms with Crippen LogP contribution in [0.2, 0.25) is 0 Å². The van der Waals surface area contributed by atoms with Crippen molar-refractivity contribution in [2.45, 2.75) is 13.0 Å². The number of aliphatic carboxylic acids is 1. The lowest BCUT2D eigenvalue weighted by Gasteiger charge is -2.27. The van der Waals surface area contributed by atoms with Gasteiger partial charge in [-0.1, -0.05) is 18.2 Å². The van der Waals surface area contributed by atoms with Crippen LogP contribution in [0, 0.1) is 0 Å². The Morgan fingerprint density at radius 1 is 1.40 bits per heavy atom. The summed E-state index contributed by atoms with van der Waals surface area (Å²) in [6.07, 6.45) is 1.83. The van der Waals surface area contributed by atoms with Gasteiger partial charge in [-0.25, -0.2) is 0 Å². The summed E-state index contributed by atoms with van der Waals surface area (Å²) >= 11 is 4.97. The minimum absolute atomic E-state index is 0.0343. The fraction of sp³-hybridized carbons (Fsp3) is 0.176. The van der Waals surface area contributed by atoms with E-state index in [2.05, 4.69) is 11.9 Å². The maximum atomic E-state index is 12.4. The first-order valence-corrected chi connectivity index (χ1v) is 7.71. The van der Waals surface area contributed by atoms with Crippen molar-refractivity contribution in [3.05, 3.63) is 48.1 Å². The molecule has 1 saturated heterocycles. The molecule has 0 saturated carbocycles. The van der Waals surface area contributed by atoms with Crippen LogP contribution in [0.15, 0.2) is 42.5 Å². The number of carbonyl (C=O) groups is 3. The second-order valence-electron chi connectivity index (χ2n) is 5.17. The summed E-state index contributed by atoms with van der Waals surface area (Å²) in [6, 6.07) is 6.25. The van der Waals surface area contributed by atoms with Crippen molar-refractivity contribution in [3.8, 4) is 5.75 Å². The van der Waals surface area contributed by atoms with E-state index in [0.29, 0.717) is 11.3 Å². The summed E-state index contributed by atoms with van der Waals surface area (Å²) < 4.78 is 5.16. The Kier molecular flexibility index (Phi) is 5.66. The van der Waals surface area contributed by atoms with Gasteiger partial charge in [-0.3, -0.25) is 19.8 Å². The smallest absolute Gasteiger partial charge is 0.265 e. The molecule has 8 heteroatoms. The number of thiocarbonyl (C=S) groups is 1. The zero-order valence-electron chi connectivity index (χ0n) is 13.4. The summed E-state index contributed by atoms with van der Waals surface area (Å²) in [5.41, 5.74) is 0.505. The van der Waals surface area contributed by atoms with E-state index in [-0.39, 0.29) is 17.2 Å². The topological polar surface area (TPSA) is 98.8 Å². The Morgan fingerprint density at radius 2 is 2.04 bits per heavy atom. The molecule has 25 heavy (non-hydrogen) atoms. The van der Waals surface area contributed by atoms with Gasteiger partial charge >= 0.3 is 0 Å². The molecule has 7 nitrogen and oxygen atoms in total. The van der Waals surface area contributed by atoms with E-state index in [1.54, 1.807) is 12.1 Å². The van der Waals surface area contributed by atoms with Crippen molar-refractivity contribution in [3.63, 3.8) is 0 Å². The van der Waals surface area contributed by atoms with Crippen molar-refractivity contribution in [2.24, 2.45) is 0 Å². The quantitative estimate of drug-likeness (QED) is 0.333. The number of carboxylic acids is 1. The van der Waals surface area contributed by atoms with Crippen LogP contribution in [0.5, 0.6) is 5.75 Å². The molecule has 1 heterocycles. The Balaban J connectivity index is 2.22. The minimum Gasteiger partial charge on any atom is -0.546 e. The van der Waals surface area contributed by atoms with E-state index in [4.69, 9.17) is 17.0 Å². The first-order chi connectivity index (χ1) is 11.8. The maximum Gasteiger partial charge on any atom is 0.265 e. The van der Waals surface area contributed by atoms with Crippen LogP contribution in [0.4, 0.5) is 0 Å². The van der Waals surface area contributed by atoms with E-state index < -0.39 is 23.9 Å². The van der Waals surface area contributed by atoms with Gasteiger partial charge in [0.2, 0.25) is 0 Å². The molecule has 130 valence electrons. The average molecular weight is 359 g/mol. The van der Waals surface area contributed by atoms with Gasteiger partial charge in [0.1, 0.15) is 17.4 Å². The highest BCUT2D eigenvalue weighted by molar-refractivity contribution is 7.80. The highest BCUT2D eigenvalue weighted by Gasteiger charge is 2.32. The molecule has 1 aliphatic heterocycles. The van der Waals surface area contributed by atoms with Crippen molar-refractivity contribution >= 4 is 41.2 Å². The highest BCUT2D eigenvalue weighted by Crippen LogP contribution is 2.18. The Morgan fingerprint density at radius 3 is 2.60 bits per heavy atom. The van der Waals surface area contributed by atoms with E-state index >= 15 is 0 Å². The zero-order valence-corrected chi connectivity index (χ0v) is 14.2. The lowest BCUT2D eigenvalue weighted by atomic mass is 10.1. The number of hydrogen-bond acceptors (Lipinski definition) is 6. The predicted octanol–water partition coefficient (Wildman–Crippen LogP) is 0.0165. The number of ether oxygens (including phenoxy) is 1. The van der Waals surface area contributed by atoms with Crippen LogP contribution < -0.4 is 15.2 Å². The third-order valence-corrected chi connectivity index (χ3v) is 3.66. The van der Waals surface area contributed by atoms with Gasteiger partial charge in [0.25, 0.3) is 11.8 Å². The molecule has 2 amide bonds. The number of nitrogens with zero attached hydrogens (tertiary/aromatic N) is 1. The standard InChI is InChI=1S/C17H16N2O5S/c1-3-8-19-15(21)13(14(20)18-17(19)25)9-11-4-6-12(7-5-11)24-10(2)16(22)23/h3-7,9-10H,1,8H2,2H3,(H,22,23)(H,18,20,25)/p-1/b13-9-/t10-/m1/s1. The summed E-state index contributed by atoms with van der Waals surface area (Å²) in [5, 5.41) is 13.2. The molecule has 0 aromatic heterocycles. The largest absolute Gasteiger partial charge is 0.546 e. The number of amides is 2. The Hall–Kier alpha value is -3.00. The molecule has 1 aromatic rings. The van der Waals surface area contributed by atoms with E-state index in [1.807, 2.05) is 0 Å². The van der Waals surface area contributed by atoms with Crippen molar-refractivity contribution in [2.75, 3.05) is 6.54 Å². The summed E-state index contributed by atoms with van der Waals surface area (Å²) in [7, 11) is 0. The van der Waals surface area contributed by atoms with Crippen LogP contribution in [0.1, 0.15) is 12.5 Å². The zero-order chi connectivity index (χ0) is 18.6. The third kappa shape index (κ3) is 4.30. The molecular formula is C17H15N2O5S-. The van der Waals surface area contributed by atoms with Crippen molar-refractivity contribution in [1.82, 2.24) is 10.2 Å². The fourth-order valence-electron chi connectivity index (χ4n) is 2.05. The van der Waals surface area contributed by atoms with Crippen molar-refractivity contribution < 1.29 is 24.2 Å². The van der Waals surface area contributed by atoms with Gasteiger partial charge < -0.3 is 14.6 Å². The van der Waals surface area contributed by atoms with Crippen LogP contribution in [-0.4, -0.2) is 40.4 Å². The molecule has 0 radical (unpaired) electrons. The summed E-state index contributed by atoms with van der Waals surface area (Å²) in [5.74, 6) is -2.09. The molecule has 1 N–H and O–H groups in total. The molecule has 0 spiro atoms. The predicted molar refractivity (Wildman–Crippen MR) is 92.2 cm³/mol. The molecule has 1 fully saturated rings. The lowest BCUT2D eigenvalue weighted by Crippen LogP contribution is -2.53. The Labute approximate surface area is 149 Å². The van der Waals surface area contributed by atoms with Crippen LogP contribution in [-0.2, 0) is 14.4 Å². The lowest BCUT2D eigenvalue weighted by molar-refractivity contribution is -0.312. The van der Waals surface area contributed by atoms with Gasteiger partial charge in [0, 0.05) is 6.54 Å². The molecule has 0 aliphatic carbocycles. The van der Waals surface area contributed by atoms with Gasteiger partial charge in [0.05, 0.1) is 5.97 Å². The number of carboxylic acid groups (broad SMARTS) is 1. The second kappa shape index (κ2) is 7.71. The highest BCUT2D eigenvalue weighted by atomic mass is 32.1. The molecule has 1 aliphatic rings. The minimum atomic E-state index is -1.33. The third-order valence-electron chi connectivity index (χ3n) is 3.33. The first-order valence-electron chi connectivity index (χ1n) is 7.31. The maximum absolute atomic E-state index is 12.4. The monoisotopic (exact) mass is 359 g/mol.